The predicted molar refractivity (Wildman–Crippen MR) is 90.0 cm³/mol. The first-order valence-electron chi connectivity index (χ1n) is 8.39. The zero-order chi connectivity index (χ0) is 17.1. The van der Waals surface area contributed by atoms with Gasteiger partial charge in [0.15, 0.2) is 0 Å². The van der Waals surface area contributed by atoms with Crippen molar-refractivity contribution in [2.75, 3.05) is 51.8 Å². The number of hydrogen-bond donors (Lipinski definition) is 0. The van der Waals surface area contributed by atoms with Crippen LogP contribution >= 0.6 is 0 Å². The van der Waals surface area contributed by atoms with Crippen molar-refractivity contribution in [3.8, 4) is 0 Å². The largest absolute Gasteiger partial charge is 0.378 e. The van der Waals surface area contributed by atoms with Crippen LogP contribution in [0.25, 0.3) is 0 Å². The Morgan fingerprint density at radius 2 is 2.00 bits per heavy atom. The minimum atomic E-state index is -0.370. The number of carbonyl (C=O) groups excluding carboxylic acids is 2. The fourth-order valence-electron chi connectivity index (χ4n) is 3.34. The lowest BCUT2D eigenvalue weighted by Crippen LogP contribution is -2.51. The van der Waals surface area contributed by atoms with Crippen LogP contribution in [-0.2, 0) is 9.53 Å². The van der Waals surface area contributed by atoms with E-state index < -0.39 is 0 Å². The predicted octanol–water partition coefficient (Wildman–Crippen LogP) is 0.611. The lowest BCUT2D eigenvalue weighted by atomic mass is 10.1. The summed E-state index contributed by atoms with van der Waals surface area (Å²) in [6, 6.07) is 3.17. The second kappa shape index (κ2) is 7.17. The second-order valence-corrected chi connectivity index (χ2v) is 6.36. The Balaban J connectivity index is 1.80. The normalized spacial score (nSPS) is 21.0. The number of nitrogens with zero attached hydrogens (tertiary/aromatic N) is 4. The maximum Gasteiger partial charge on any atom is 0.258 e. The van der Waals surface area contributed by atoms with E-state index in [4.69, 9.17) is 4.74 Å². The van der Waals surface area contributed by atoms with Crippen LogP contribution in [-0.4, -0.2) is 79.6 Å². The number of pyridine rings is 1. The highest BCUT2D eigenvalue weighted by molar-refractivity contribution is 6.01. The highest BCUT2D eigenvalue weighted by Crippen LogP contribution is 2.25. The third-order valence-electron chi connectivity index (χ3n) is 4.56. The number of aromatic nitrogens is 1. The van der Waals surface area contributed by atoms with E-state index in [0.717, 1.165) is 12.8 Å². The number of hydrogen-bond acceptors (Lipinski definition) is 5. The number of morpholine rings is 1. The van der Waals surface area contributed by atoms with Crippen LogP contribution in [0.5, 0.6) is 0 Å². The van der Waals surface area contributed by atoms with Crippen molar-refractivity contribution in [2.24, 2.45) is 0 Å². The molecule has 2 amide bonds. The van der Waals surface area contributed by atoms with E-state index in [0.29, 0.717) is 44.2 Å². The van der Waals surface area contributed by atoms with Gasteiger partial charge < -0.3 is 19.4 Å². The average molecular weight is 332 g/mol. The Labute approximate surface area is 142 Å². The number of likely N-dealkylation sites (tertiary alicyclic amines) is 1. The Morgan fingerprint density at radius 1 is 1.25 bits per heavy atom. The zero-order valence-electron chi connectivity index (χ0n) is 14.3. The minimum Gasteiger partial charge on any atom is -0.378 e. The van der Waals surface area contributed by atoms with E-state index in [9.17, 15) is 9.59 Å². The fourth-order valence-corrected chi connectivity index (χ4v) is 3.34. The summed E-state index contributed by atoms with van der Waals surface area (Å²) in [5.74, 6) is 0.558. The quantitative estimate of drug-likeness (QED) is 0.811. The third kappa shape index (κ3) is 3.21. The first-order chi connectivity index (χ1) is 11.6. The highest BCUT2D eigenvalue weighted by Gasteiger charge is 2.38. The number of rotatable bonds is 3. The van der Waals surface area contributed by atoms with Crippen LogP contribution in [0.1, 0.15) is 23.2 Å². The molecule has 1 aromatic heterocycles. The van der Waals surface area contributed by atoms with Gasteiger partial charge in [-0.25, -0.2) is 4.98 Å². The minimum absolute atomic E-state index is 0.0412. The molecule has 2 saturated heterocycles. The van der Waals surface area contributed by atoms with Crippen molar-refractivity contribution in [1.82, 2.24) is 14.8 Å². The summed E-state index contributed by atoms with van der Waals surface area (Å²) in [7, 11) is 3.72. The summed E-state index contributed by atoms with van der Waals surface area (Å²) in [5.41, 5.74) is 0.546. The molecule has 2 fully saturated rings. The standard InChI is InChI=1S/C17H24N4O3/c1-19(2)15-13(5-3-7-18-15)16(22)21-8-4-6-14(21)17(23)20-9-11-24-12-10-20/h3,5,7,14H,4,6,8-12H2,1-2H3/t14-/m1/s1. The van der Waals surface area contributed by atoms with Crippen molar-refractivity contribution < 1.29 is 14.3 Å². The van der Waals surface area contributed by atoms with Crippen LogP contribution in [0.4, 0.5) is 5.82 Å². The van der Waals surface area contributed by atoms with Gasteiger partial charge in [-0.1, -0.05) is 0 Å². The zero-order valence-corrected chi connectivity index (χ0v) is 14.3. The molecule has 7 heteroatoms. The molecule has 0 aromatic carbocycles. The number of anilines is 1. The Bertz CT molecular complexity index is 614. The van der Waals surface area contributed by atoms with Crippen molar-refractivity contribution in [3.05, 3.63) is 23.9 Å². The van der Waals surface area contributed by atoms with E-state index in [-0.39, 0.29) is 17.9 Å². The van der Waals surface area contributed by atoms with Gasteiger partial charge in [-0.2, -0.15) is 0 Å². The molecule has 1 aromatic rings. The van der Waals surface area contributed by atoms with Gasteiger partial charge in [0.25, 0.3) is 5.91 Å². The summed E-state index contributed by atoms with van der Waals surface area (Å²) in [6.07, 6.45) is 3.25. The fraction of sp³-hybridized carbons (Fsp3) is 0.588. The van der Waals surface area contributed by atoms with Crippen LogP contribution < -0.4 is 4.90 Å². The molecule has 24 heavy (non-hydrogen) atoms. The summed E-state index contributed by atoms with van der Waals surface area (Å²) >= 11 is 0. The van der Waals surface area contributed by atoms with Crippen molar-refractivity contribution in [3.63, 3.8) is 0 Å². The SMILES string of the molecule is CN(C)c1ncccc1C(=O)N1CCC[C@@H]1C(=O)N1CCOCC1. The topological polar surface area (TPSA) is 66.0 Å². The molecule has 0 saturated carbocycles. The van der Waals surface area contributed by atoms with Gasteiger partial charge in [0.05, 0.1) is 18.8 Å². The molecule has 0 N–H and O–H groups in total. The second-order valence-electron chi connectivity index (χ2n) is 6.36. The highest BCUT2D eigenvalue weighted by atomic mass is 16.5. The van der Waals surface area contributed by atoms with E-state index in [1.807, 2.05) is 23.9 Å². The molecule has 0 aliphatic carbocycles. The molecule has 0 bridgehead atoms. The molecule has 0 radical (unpaired) electrons. The summed E-state index contributed by atoms with van der Waals surface area (Å²) in [6.45, 7) is 2.96. The number of amides is 2. The molecule has 0 spiro atoms. The van der Waals surface area contributed by atoms with Gasteiger partial charge >= 0.3 is 0 Å². The van der Waals surface area contributed by atoms with Crippen LogP contribution in [0.2, 0.25) is 0 Å². The number of carbonyl (C=O) groups is 2. The van der Waals surface area contributed by atoms with E-state index in [1.165, 1.54) is 0 Å². The molecule has 130 valence electrons. The molecular weight excluding hydrogens is 308 g/mol. The van der Waals surface area contributed by atoms with Crippen molar-refractivity contribution in [2.45, 2.75) is 18.9 Å². The Kier molecular flexibility index (Phi) is 4.99. The van der Waals surface area contributed by atoms with Crippen LogP contribution in [0, 0.1) is 0 Å². The van der Waals surface area contributed by atoms with Gasteiger partial charge in [0, 0.05) is 39.9 Å². The van der Waals surface area contributed by atoms with E-state index in [2.05, 4.69) is 4.98 Å². The molecule has 3 heterocycles. The van der Waals surface area contributed by atoms with Gasteiger partial charge in [0.2, 0.25) is 5.91 Å². The first-order valence-corrected chi connectivity index (χ1v) is 8.39. The molecule has 0 unspecified atom stereocenters. The molecule has 1 atom stereocenters. The molecular formula is C17H24N4O3. The molecule has 7 nitrogen and oxygen atoms in total. The molecule has 3 rings (SSSR count). The summed E-state index contributed by atoms with van der Waals surface area (Å²) in [4.78, 5) is 35.5. The van der Waals surface area contributed by atoms with Gasteiger partial charge in [-0.15, -0.1) is 0 Å². The van der Waals surface area contributed by atoms with Gasteiger partial charge in [-0.3, -0.25) is 9.59 Å². The third-order valence-corrected chi connectivity index (χ3v) is 4.56. The molecule has 2 aliphatic rings. The monoisotopic (exact) mass is 332 g/mol. The maximum atomic E-state index is 13.0. The Morgan fingerprint density at radius 3 is 2.71 bits per heavy atom. The van der Waals surface area contributed by atoms with E-state index >= 15 is 0 Å². The van der Waals surface area contributed by atoms with Crippen LogP contribution in [0.3, 0.4) is 0 Å². The smallest absolute Gasteiger partial charge is 0.258 e. The van der Waals surface area contributed by atoms with Crippen molar-refractivity contribution in [1.29, 1.82) is 0 Å². The summed E-state index contributed by atoms with van der Waals surface area (Å²) in [5, 5.41) is 0. The van der Waals surface area contributed by atoms with E-state index in [1.54, 1.807) is 23.2 Å². The Hall–Kier alpha value is -2.15. The first kappa shape index (κ1) is 16.7. The average Bonchev–Trinajstić information content (AvgIpc) is 3.10. The lowest BCUT2D eigenvalue weighted by Gasteiger charge is -2.32. The maximum absolute atomic E-state index is 13.0. The van der Waals surface area contributed by atoms with Gasteiger partial charge in [-0.05, 0) is 25.0 Å². The molecule has 2 aliphatic heterocycles. The van der Waals surface area contributed by atoms with Gasteiger partial charge in [0.1, 0.15) is 11.9 Å². The lowest BCUT2D eigenvalue weighted by molar-refractivity contribution is -0.139. The van der Waals surface area contributed by atoms with Crippen molar-refractivity contribution >= 4 is 17.6 Å². The summed E-state index contributed by atoms with van der Waals surface area (Å²) < 4.78 is 5.31. The number of ether oxygens (including phenoxy) is 1. The van der Waals surface area contributed by atoms with Crippen LogP contribution in [0.15, 0.2) is 18.3 Å².